The molecule has 0 bridgehead atoms. The molecule has 1 aromatic heterocycles. The van der Waals surface area contributed by atoms with Gasteiger partial charge in [0.25, 0.3) is 11.5 Å². The molecule has 10 nitrogen and oxygen atoms in total. The van der Waals surface area contributed by atoms with Crippen LogP contribution in [0.1, 0.15) is 32.7 Å². The third-order valence-corrected chi connectivity index (χ3v) is 4.97. The number of aliphatic carboxylic acids is 1. The Labute approximate surface area is 171 Å². The molecule has 0 radical (unpaired) electrons. The van der Waals surface area contributed by atoms with Gasteiger partial charge in [0.2, 0.25) is 0 Å². The Kier molecular flexibility index (Phi) is 5.86. The number of nitrogens with one attached hydrogen (secondary N) is 1. The van der Waals surface area contributed by atoms with Crippen LogP contribution in [-0.4, -0.2) is 56.5 Å². The number of pyridine rings is 1. The first-order chi connectivity index (χ1) is 14.2. The van der Waals surface area contributed by atoms with E-state index in [9.17, 15) is 24.6 Å². The predicted octanol–water partition coefficient (Wildman–Crippen LogP) is -0.405. The number of carboxylic acid groups (broad SMARTS) is 1. The van der Waals surface area contributed by atoms with Gasteiger partial charge >= 0.3 is 5.97 Å². The molecule has 1 aliphatic heterocycles. The van der Waals surface area contributed by atoms with Crippen molar-refractivity contribution in [3.05, 3.63) is 62.6 Å². The van der Waals surface area contributed by atoms with Crippen LogP contribution in [0, 0.1) is 11.3 Å². The Morgan fingerprint density at radius 2 is 2.10 bits per heavy atom. The molecule has 2 heterocycles. The van der Waals surface area contributed by atoms with Gasteiger partial charge in [-0.2, -0.15) is 5.26 Å². The van der Waals surface area contributed by atoms with Gasteiger partial charge in [-0.15, -0.1) is 0 Å². The lowest BCUT2D eigenvalue weighted by Gasteiger charge is -2.33. The Hall–Kier alpha value is -3.68. The Bertz CT molecular complexity index is 1120. The Balaban J connectivity index is 2.16. The maximum absolute atomic E-state index is 13.1. The largest absolute Gasteiger partial charge is 0.507 e. The lowest BCUT2D eigenvalue weighted by atomic mass is 9.98. The van der Waals surface area contributed by atoms with Crippen molar-refractivity contribution < 1.29 is 24.9 Å². The average Bonchev–Trinajstić information content (AvgIpc) is 2.71. The van der Waals surface area contributed by atoms with Crippen molar-refractivity contribution in [2.75, 3.05) is 13.6 Å². The molecule has 0 aliphatic carbocycles. The normalized spacial score (nSPS) is 15.8. The van der Waals surface area contributed by atoms with Crippen LogP contribution in [-0.2, 0) is 24.3 Å². The van der Waals surface area contributed by atoms with Crippen LogP contribution in [0.5, 0.6) is 5.75 Å². The number of aromatic nitrogens is 1. The number of benzene rings is 1. The monoisotopic (exact) mass is 412 g/mol. The first kappa shape index (κ1) is 21.0. The number of carbonyl (C=O) groups is 2. The third kappa shape index (κ3) is 4.03. The van der Waals surface area contributed by atoms with Gasteiger partial charge in [-0.05, 0) is 24.7 Å². The van der Waals surface area contributed by atoms with E-state index in [2.05, 4.69) is 5.32 Å². The highest BCUT2D eigenvalue weighted by Gasteiger charge is 2.32. The van der Waals surface area contributed by atoms with Gasteiger partial charge in [-0.25, -0.2) is 0 Å². The molecular formula is C20H20N4O6. The molecule has 4 N–H and O–H groups in total. The van der Waals surface area contributed by atoms with Gasteiger partial charge in [0.15, 0.2) is 0 Å². The van der Waals surface area contributed by atoms with Crippen LogP contribution in [0.4, 0.5) is 0 Å². The number of nitriles is 1. The van der Waals surface area contributed by atoms with Crippen molar-refractivity contribution in [3.8, 4) is 11.8 Å². The highest BCUT2D eigenvalue weighted by molar-refractivity contribution is 5.98. The van der Waals surface area contributed by atoms with Crippen molar-refractivity contribution >= 4 is 11.9 Å². The van der Waals surface area contributed by atoms with E-state index >= 15 is 0 Å². The van der Waals surface area contributed by atoms with Gasteiger partial charge in [0.1, 0.15) is 24.1 Å². The molecule has 0 saturated heterocycles. The summed E-state index contributed by atoms with van der Waals surface area (Å²) in [5.41, 5.74) is 0.346. The molecule has 3 rings (SSSR count). The van der Waals surface area contributed by atoms with Gasteiger partial charge in [0, 0.05) is 24.2 Å². The van der Waals surface area contributed by atoms with Gasteiger partial charge in [-0.3, -0.25) is 19.3 Å². The molecule has 1 unspecified atom stereocenters. The first-order valence-electron chi connectivity index (χ1n) is 9.07. The number of aromatic hydroxyl groups is 1. The van der Waals surface area contributed by atoms with Crippen LogP contribution in [0.2, 0.25) is 0 Å². The number of hydrogen-bond acceptors (Lipinski definition) is 7. The minimum Gasteiger partial charge on any atom is -0.507 e. The summed E-state index contributed by atoms with van der Waals surface area (Å²) in [6, 6.07) is 8.64. The molecule has 30 heavy (non-hydrogen) atoms. The second kappa shape index (κ2) is 8.36. The van der Waals surface area contributed by atoms with Crippen molar-refractivity contribution in [2.24, 2.45) is 0 Å². The van der Waals surface area contributed by atoms with Gasteiger partial charge in [0.05, 0.1) is 18.2 Å². The van der Waals surface area contributed by atoms with Crippen LogP contribution in [0.3, 0.4) is 0 Å². The number of hydrogen-bond donors (Lipinski definition) is 4. The van der Waals surface area contributed by atoms with Crippen LogP contribution >= 0.6 is 0 Å². The van der Waals surface area contributed by atoms with Crippen molar-refractivity contribution in [1.82, 2.24) is 14.8 Å². The number of aliphatic hydroxyl groups is 1. The number of aliphatic hydroxyl groups excluding tert-OH is 1. The van der Waals surface area contributed by atoms with Crippen LogP contribution in [0.15, 0.2) is 29.1 Å². The molecule has 1 aliphatic rings. The number of carboxylic acids is 1. The SMILES string of the molecule is CN1Cc2c(c(O)c(C(=O)NCC(=O)O)c(=O)n2Cc2cccc(C#N)c2)CC1O. The van der Waals surface area contributed by atoms with Gasteiger partial charge in [-0.1, -0.05) is 12.1 Å². The smallest absolute Gasteiger partial charge is 0.322 e. The first-order valence-corrected chi connectivity index (χ1v) is 9.07. The summed E-state index contributed by atoms with van der Waals surface area (Å²) in [6.45, 7) is -0.543. The fourth-order valence-electron chi connectivity index (χ4n) is 3.42. The molecular weight excluding hydrogens is 392 g/mol. The highest BCUT2D eigenvalue weighted by Crippen LogP contribution is 2.30. The topological polar surface area (TPSA) is 156 Å². The number of amides is 1. The quantitative estimate of drug-likeness (QED) is 0.517. The lowest BCUT2D eigenvalue weighted by molar-refractivity contribution is -0.135. The Morgan fingerprint density at radius 1 is 1.37 bits per heavy atom. The van der Waals surface area contributed by atoms with E-state index in [4.69, 9.17) is 10.4 Å². The molecule has 0 saturated carbocycles. The second-order valence-electron chi connectivity index (χ2n) is 7.03. The zero-order chi connectivity index (χ0) is 22.0. The lowest BCUT2D eigenvalue weighted by Crippen LogP contribution is -2.43. The van der Waals surface area contributed by atoms with Crippen molar-refractivity contribution in [3.63, 3.8) is 0 Å². The molecule has 0 spiro atoms. The second-order valence-corrected chi connectivity index (χ2v) is 7.03. The summed E-state index contributed by atoms with van der Waals surface area (Å²) in [5, 5.41) is 40.8. The highest BCUT2D eigenvalue weighted by atomic mass is 16.4. The zero-order valence-corrected chi connectivity index (χ0v) is 16.1. The number of rotatable bonds is 5. The van der Waals surface area contributed by atoms with E-state index in [1.54, 1.807) is 36.2 Å². The summed E-state index contributed by atoms with van der Waals surface area (Å²) in [7, 11) is 1.66. The summed E-state index contributed by atoms with van der Waals surface area (Å²) >= 11 is 0. The fraction of sp³-hybridized carbons (Fsp3) is 0.300. The van der Waals surface area contributed by atoms with E-state index in [0.29, 0.717) is 16.8 Å². The molecule has 2 aromatic rings. The third-order valence-electron chi connectivity index (χ3n) is 4.97. The molecule has 0 fully saturated rings. The maximum Gasteiger partial charge on any atom is 0.322 e. The zero-order valence-electron chi connectivity index (χ0n) is 16.1. The minimum atomic E-state index is -1.30. The molecule has 1 atom stereocenters. The van der Waals surface area contributed by atoms with Crippen molar-refractivity contribution in [1.29, 1.82) is 5.26 Å². The molecule has 1 amide bonds. The standard InChI is InChI=1S/C20H20N4O6/c1-23-10-14-13(6-15(23)25)18(28)17(19(29)22-8-16(26)27)20(30)24(14)9-12-4-2-3-11(5-12)7-21/h2-5,15,25,28H,6,8-10H2,1H3,(H,22,29)(H,26,27). The summed E-state index contributed by atoms with van der Waals surface area (Å²) in [6.07, 6.45) is -0.943. The van der Waals surface area contributed by atoms with Crippen LogP contribution < -0.4 is 10.9 Å². The number of fused-ring (bicyclic) bond motifs is 1. The minimum absolute atomic E-state index is 0.0185. The molecule has 1 aromatic carbocycles. The van der Waals surface area contributed by atoms with E-state index in [1.165, 1.54) is 4.57 Å². The summed E-state index contributed by atoms with van der Waals surface area (Å²) < 4.78 is 1.31. The summed E-state index contributed by atoms with van der Waals surface area (Å²) in [5.74, 6) is -2.88. The van der Waals surface area contributed by atoms with Crippen molar-refractivity contribution in [2.45, 2.75) is 25.7 Å². The van der Waals surface area contributed by atoms with Gasteiger partial charge < -0.3 is 25.2 Å². The average molecular weight is 412 g/mol. The number of likely N-dealkylation sites (N-methyl/N-ethyl adjacent to an activating group) is 1. The number of carbonyl (C=O) groups excluding carboxylic acids is 1. The fourth-order valence-corrected chi connectivity index (χ4v) is 3.42. The molecule has 10 heteroatoms. The Morgan fingerprint density at radius 3 is 2.77 bits per heavy atom. The molecule has 156 valence electrons. The predicted molar refractivity (Wildman–Crippen MR) is 104 cm³/mol. The summed E-state index contributed by atoms with van der Waals surface area (Å²) in [4.78, 5) is 38.0. The van der Waals surface area contributed by atoms with E-state index in [1.807, 2.05) is 6.07 Å². The van der Waals surface area contributed by atoms with E-state index < -0.39 is 41.5 Å². The number of nitrogens with zero attached hydrogens (tertiary/aromatic N) is 3. The van der Waals surface area contributed by atoms with Crippen LogP contribution in [0.25, 0.3) is 0 Å². The van der Waals surface area contributed by atoms with E-state index in [-0.39, 0.29) is 25.1 Å². The van der Waals surface area contributed by atoms with E-state index in [0.717, 1.165) is 0 Å². The maximum atomic E-state index is 13.1.